The molecule has 1 atom stereocenters. The first-order valence-corrected chi connectivity index (χ1v) is 7.51. The van der Waals surface area contributed by atoms with Crippen molar-refractivity contribution >= 4 is 5.91 Å². The minimum Gasteiger partial charge on any atom is -0.380 e. The van der Waals surface area contributed by atoms with Crippen molar-refractivity contribution in [2.24, 2.45) is 5.84 Å². The van der Waals surface area contributed by atoms with Gasteiger partial charge in [-0.1, -0.05) is 31.2 Å². The third-order valence-corrected chi connectivity index (χ3v) is 3.62. The second kappa shape index (κ2) is 9.50. The van der Waals surface area contributed by atoms with Gasteiger partial charge in [-0.25, -0.2) is 5.84 Å². The number of nitrogens with one attached hydrogen (secondary N) is 1. The lowest BCUT2D eigenvalue weighted by Gasteiger charge is -2.20. The zero-order valence-electron chi connectivity index (χ0n) is 13.3. The number of hydrogen-bond donors (Lipinski definition) is 2. The van der Waals surface area contributed by atoms with Gasteiger partial charge in [-0.05, 0) is 31.5 Å². The molecule has 0 heterocycles. The van der Waals surface area contributed by atoms with E-state index in [9.17, 15) is 4.79 Å². The maximum atomic E-state index is 11.5. The standard InChI is InChI=1S/C16H27N3O2/c1-4-19(10-11-21-5-2)12-14-6-8-15(9-7-14)13(3)16(20)18-17/h6-9,13H,4-5,10-12,17H2,1-3H3,(H,18,20). The number of hydrogen-bond acceptors (Lipinski definition) is 4. The number of carbonyl (C=O) groups is 1. The highest BCUT2D eigenvalue weighted by atomic mass is 16.5. The van der Waals surface area contributed by atoms with Gasteiger partial charge < -0.3 is 4.74 Å². The monoisotopic (exact) mass is 293 g/mol. The summed E-state index contributed by atoms with van der Waals surface area (Å²) in [5.41, 5.74) is 4.39. The van der Waals surface area contributed by atoms with Crippen molar-refractivity contribution in [3.05, 3.63) is 35.4 Å². The van der Waals surface area contributed by atoms with Crippen LogP contribution in [0.25, 0.3) is 0 Å². The first-order chi connectivity index (χ1) is 10.1. The first kappa shape index (κ1) is 17.6. The average molecular weight is 293 g/mol. The molecule has 5 heteroatoms. The fourth-order valence-corrected chi connectivity index (χ4v) is 2.13. The summed E-state index contributed by atoms with van der Waals surface area (Å²) in [6.45, 7) is 10.3. The van der Waals surface area contributed by atoms with E-state index in [2.05, 4.69) is 29.4 Å². The molecule has 0 aliphatic carbocycles. The van der Waals surface area contributed by atoms with Gasteiger partial charge in [-0.2, -0.15) is 0 Å². The summed E-state index contributed by atoms with van der Waals surface area (Å²) in [5.74, 6) is 4.76. The molecule has 0 spiro atoms. The van der Waals surface area contributed by atoms with E-state index in [1.165, 1.54) is 5.56 Å². The highest BCUT2D eigenvalue weighted by Gasteiger charge is 2.13. The normalized spacial score (nSPS) is 12.4. The van der Waals surface area contributed by atoms with E-state index >= 15 is 0 Å². The van der Waals surface area contributed by atoms with Gasteiger partial charge in [-0.3, -0.25) is 15.1 Å². The molecular formula is C16H27N3O2. The van der Waals surface area contributed by atoms with Crippen LogP contribution in [0.15, 0.2) is 24.3 Å². The number of rotatable bonds is 9. The van der Waals surface area contributed by atoms with Crippen LogP contribution in [-0.2, 0) is 16.1 Å². The van der Waals surface area contributed by atoms with Crippen LogP contribution in [0.4, 0.5) is 0 Å². The quantitative estimate of drug-likeness (QED) is 0.314. The fraction of sp³-hybridized carbons (Fsp3) is 0.562. The summed E-state index contributed by atoms with van der Waals surface area (Å²) in [6, 6.07) is 8.12. The van der Waals surface area contributed by atoms with Gasteiger partial charge in [-0.15, -0.1) is 0 Å². The van der Waals surface area contributed by atoms with Crippen LogP contribution >= 0.6 is 0 Å². The lowest BCUT2D eigenvalue weighted by atomic mass is 9.99. The fourth-order valence-electron chi connectivity index (χ4n) is 2.13. The molecule has 0 aliphatic rings. The van der Waals surface area contributed by atoms with Crippen molar-refractivity contribution in [3.63, 3.8) is 0 Å². The van der Waals surface area contributed by atoms with Crippen LogP contribution < -0.4 is 11.3 Å². The highest BCUT2D eigenvalue weighted by Crippen LogP contribution is 2.16. The van der Waals surface area contributed by atoms with E-state index in [1.807, 2.05) is 26.0 Å². The van der Waals surface area contributed by atoms with Gasteiger partial charge in [0.2, 0.25) is 5.91 Å². The Morgan fingerprint density at radius 2 is 2.00 bits per heavy atom. The van der Waals surface area contributed by atoms with Crippen LogP contribution in [-0.4, -0.2) is 37.1 Å². The van der Waals surface area contributed by atoms with Gasteiger partial charge in [0, 0.05) is 19.7 Å². The summed E-state index contributed by atoms with van der Waals surface area (Å²) in [5, 5.41) is 0. The highest BCUT2D eigenvalue weighted by molar-refractivity contribution is 5.82. The van der Waals surface area contributed by atoms with Crippen molar-refractivity contribution in [1.82, 2.24) is 10.3 Å². The van der Waals surface area contributed by atoms with E-state index < -0.39 is 0 Å². The Morgan fingerprint density at radius 1 is 1.33 bits per heavy atom. The smallest absolute Gasteiger partial charge is 0.241 e. The maximum Gasteiger partial charge on any atom is 0.241 e. The SMILES string of the molecule is CCOCCN(CC)Cc1ccc(C(C)C(=O)NN)cc1. The molecule has 0 radical (unpaired) electrons. The molecule has 21 heavy (non-hydrogen) atoms. The Morgan fingerprint density at radius 3 is 2.52 bits per heavy atom. The van der Waals surface area contributed by atoms with Crippen molar-refractivity contribution in [1.29, 1.82) is 0 Å². The zero-order chi connectivity index (χ0) is 15.7. The second-order valence-electron chi connectivity index (χ2n) is 5.04. The molecule has 0 aromatic heterocycles. The van der Waals surface area contributed by atoms with Gasteiger partial charge in [0.25, 0.3) is 0 Å². The minimum atomic E-state index is -0.232. The molecule has 3 N–H and O–H groups in total. The molecule has 0 bridgehead atoms. The molecule has 0 fully saturated rings. The maximum absolute atomic E-state index is 11.5. The molecule has 1 amide bonds. The van der Waals surface area contributed by atoms with E-state index in [4.69, 9.17) is 10.6 Å². The molecule has 0 saturated carbocycles. The van der Waals surface area contributed by atoms with Crippen molar-refractivity contribution < 1.29 is 9.53 Å². The van der Waals surface area contributed by atoms with E-state index in [-0.39, 0.29) is 11.8 Å². The Labute approximate surface area is 127 Å². The number of nitrogens with zero attached hydrogens (tertiary/aromatic N) is 1. The Hall–Kier alpha value is -1.43. The number of benzene rings is 1. The lowest BCUT2D eigenvalue weighted by molar-refractivity contribution is -0.122. The van der Waals surface area contributed by atoms with Gasteiger partial charge in [0.15, 0.2) is 0 Å². The van der Waals surface area contributed by atoms with Gasteiger partial charge in [0.1, 0.15) is 0 Å². The van der Waals surface area contributed by atoms with Crippen molar-refractivity contribution in [2.75, 3.05) is 26.3 Å². The van der Waals surface area contributed by atoms with Crippen LogP contribution in [0.2, 0.25) is 0 Å². The third kappa shape index (κ3) is 5.83. The summed E-state index contributed by atoms with van der Waals surface area (Å²) < 4.78 is 5.39. The molecular weight excluding hydrogens is 266 g/mol. The molecule has 0 aliphatic heterocycles. The first-order valence-electron chi connectivity index (χ1n) is 7.51. The Kier molecular flexibility index (Phi) is 7.97. The Bertz CT molecular complexity index is 420. The van der Waals surface area contributed by atoms with Gasteiger partial charge in [0.05, 0.1) is 12.5 Å². The third-order valence-electron chi connectivity index (χ3n) is 3.62. The largest absolute Gasteiger partial charge is 0.380 e. The molecule has 5 nitrogen and oxygen atoms in total. The zero-order valence-corrected chi connectivity index (χ0v) is 13.3. The number of amides is 1. The number of ether oxygens (including phenoxy) is 1. The summed E-state index contributed by atoms with van der Waals surface area (Å²) >= 11 is 0. The molecule has 1 aromatic carbocycles. The summed E-state index contributed by atoms with van der Waals surface area (Å²) in [7, 11) is 0. The minimum absolute atomic E-state index is 0.172. The molecule has 1 rings (SSSR count). The predicted octanol–water partition coefficient (Wildman–Crippen LogP) is 1.64. The summed E-state index contributed by atoms with van der Waals surface area (Å²) in [4.78, 5) is 13.8. The van der Waals surface area contributed by atoms with Crippen LogP contribution in [0.3, 0.4) is 0 Å². The van der Waals surface area contributed by atoms with Crippen LogP contribution in [0.5, 0.6) is 0 Å². The molecule has 0 saturated heterocycles. The number of likely N-dealkylation sites (N-methyl/N-ethyl adjacent to an activating group) is 1. The topological polar surface area (TPSA) is 67.6 Å². The lowest BCUT2D eigenvalue weighted by Crippen LogP contribution is -2.33. The second-order valence-corrected chi connectivity index (χ2v) is 5.04. The van der Waals surface area contributed by atoms with E-state index in [0.717, 1.165) is 38.4 Å². The van der Waals surface area contributed by atoms with Crippen LogP contribution in [0, 0.1) is 0 Å². The van der Waals surface area contributed by atoms with Crippen molar-refractivity contribution in [3.8, 4) is 0 Å². The van der Waals surface area contributed by atoms with E-state index in [0.29, 0.717) is 0 Å². The van der Waals surface area contributed by atoms with Crippen LogP contribution in [0.1, 0.15) is 37.8 Å². The summed E-state index contributed by atoms with van der Waals surface area (Å²) in [6.07, 6.45) is 0. The Balaban J connectivity index is 2.58. The number of carbonyl (C=O) groups excluding carboxylic acids is 1. The van der Waals surface area contributed by atoms with Crippen molar-refractivity contribution in [2.45, 2.75) is 33.2 Å². The number of nitrogens with two attached hydrogens (primary N) is 1. The van der Waals surface area contributed by atoms with E-state index in [1.54, 1.807) is 0 Å². The number of hydrazine groups is 1. The van der Waals surface area contributed by atoms with Gasteiger partial charge >= 0.3 is 0 Å². The molecule has 1 aromatic rings. The molecule has 1 unspecified atom stereocenters. The molecule has 118 valence electrons. The average Bonchev–Trinajstić information content (AvgIpc) is 2.53. The predicted molar refractivity (Wildman–Crippen MR) is 84.6 cm³/mol.